The van der Waals surface area contributed by atoms with Crippen LogP contribution in [0, 0.1) is 6.92 Å². The van der Waals surface area contributed by atoms with E-state index in [9.17, 15) is 15.0 Å². The molecule has 5 heteroatoms. The minimum atomic E-state index is -0.570. The molecule has 2 aromatic rings. The first kappa shape index (κ1) is 11.9. The molecule has 0 radical (unpaired) electrons. The molecule has 18 heavy (non-hydrogen) atoms. The lowest BCUT2D eigenvalue weighted by Gasteiger charge is -2.09. The fourth-order valence-electron chi connectivity index (χ4n) is 1.56. The Morgan fingerprint density at radius 1 is 1.22 bits per heavy atom. The van der Waals surface area contributed by atoms with Gasteiger partial charge in [0, 0.05) is 18.1 Å². The standard InChI is InChI=1S/C13H12N2O3/c1-8-7-14-6-5-9(8)15-13(18)12-10(16)3-2-4-11(12)17/h2-7,16-17H,1H3,(H,14,15,18). The molecule has 0 spiro atoms. The smallest absolute Gasteiger partial charge is 0.263 e. The molecule has 0 bridgehead atoms. The minimum absolute atomic E-state index is 0.145. The maximum absolute atomic E-state index is 12.0. The number of amides is 1. The Kier molecular flexibility index (Phi) is 3.14. The van der Waals surface area contributed by atoms with Gasteiger partial charge in [0.05, 0.1) is 0 Å². The first-order valence-corrected chi connectivity index (χ1v) is 5.32. The molecule has 5 nitrogen and oxygen atoms in total. The first-order valence-electron chi connectivity index (χ1n) is 5.32. The molecule has 1 aromatic heterocycles. The Hall–Kier alpha value is -2.56. The van der Waals surface area contributed by atoms with Crippen LogP contribution in [-0.2, 0) is 0 Å². The Labute approximate surface area is 104 Å². The molecule has 0 saturated carbocycles. The van der Waals surface area contributed by atoms with Crippen molar-refractivity contribution in [2.75, 3.05) is 5.32 Å². The Balaban J connectivity index is 2.31. The molecule has 1 amide bonds. The number of hydrogen-bond acceptors (Lipinski definition) is 4. The summed E-state index contributed by atoms with van der Waals surface area (Å²) in [4.78, 5) is 15.9. The number of rotatable bonds is 2. The summed E-state index contributed by atoms with van der Waals surface area (Å²) in [5.74, 6) is -1.10. The number of phenolic OH excluding ortho intramolecular Hbond substituents is 2. The molecule has 0 fully saturated rings. The Morgan fingerprint density at radius 3 is 2.50 bits per heavy atom. The number of aryl methyl sites for hydroxylation is 1. The number of aromatic nitrogens is 1. The summed E-state index contributed by atoms with van der Waals surface area (Å²) in [6.45, 7) is 1.80. The highest BCUT2D eigenvalue weighted by Crippen LogP contribution is 2.27. The zero-order valence-electron chi connectivity index (χ0n) is 9.71. The summed E-state index contributed by atoms with van der Waals surface area (Å²) in [5, 5.41) is 21.8. The molecule has 0 atom stereocenters. The van der Waals surface area contributed by atoms with E-state index in [4.69, 9.17) is 0 Å². The van der Waals surface area contributed by atoms with Gasteiger partial charge >= 0.3 is 0 Å². The van der Waals surface area contributed by atoms with E-state index in [1.165, 1.54) is 18.2 Å². The van der Waals surface area contributed by atoms with Crippen LogP contribution in [-0.4, -0.2) is 21.1 Å². The van der Waals surface area contributed by atoms with Gasteiger partial charge in [-0.15, -0.1) is 0 Å². The van der Waals surface area contributed by atoms with Crippen molar-refractivity contribution in [2.24, 2.45) is 0 Å². The molecule has 92 valence electrons. The van der Waals surface area contributed by atoms with Crippen LogP contribution >= 0.6 is 0 Å². The first-order chi connectivity index (χ1) is 8.59. The van der Waals surface area contributed by atoms with Gasteiger partial charge in [0.1, 0.15) is 17.1 Å². The highest BCUT2D eigenvalue weighted by Gasteiger charge is 2.16. The van der Waals surface area contributed by atoms with Gasteiger partial charge in [0.2, 0.25) is 0 Å². The number of pyridine rings is 1. The van der Waals surface area contributed by atoms with E-state index in [2.05, 4.69) is 10.3 Å². The second-order valence-electron chi connectivity index (χ2n) is 3.82. The van der Waals surface area contributed by atoms with Crippen LogP contribution in [0.3, 0.4) is 0 Å². The van der Waals surface area contributed by atoms with Gasteiger partial charge in [-0.05, 0) is 30.7 Å². The SMILES string of the molecule is Cc1cnccc1NC(=O)c1c(O)cccc1O. The van der Waals surface area contributed by atoms with Crippen molar-refractivity contribution >= 4 is 11.6 Å². The summed E-state index contributed by atoms with van der Waals surface area (Å²) in [5.41, 5.74) is 1.23. The van der Waals surface area contributed by atoms with Gasteiger partial charge in [-0.3, -0.25) is 9.78 Å². The monoisotopic (exact) mass is 244 g/mol. The Morgan fingerprint density at radius 2 is 1.89 bits per heavy atom. The van der Waals surface area contributed by atoms with E-state index in [1.54, 1.807) is 25.4 Å². The highest BCUT2D eigenvalue weighted by atomic mass is 16.3. The lowest BCUT2D eigenvalue weighted by Crippen LogP contribution is -2.13. The number of nitrogens with zero attached hydrogens (tertiary/aromatic N) is 1. The zero-order chi connectivity index (χ0) is 13.1. The average molecular weight is 244 g/mol. The third-order valence-corrected chi connectivity index (χ3v) is 2.52. The number of carbonyl (C=O) groups excluding carboxylic acids is 1. The maximum Gasteiger partial charge on any atom is 0.263 e. The third kappa shape index (κ3) is 2.24. The highest BCUT2D eigenvalue weighted by molar-refractivity contribution is 6.08. The number of anilines is 1. The number of phenols is 2. The summed E-state index contributed by atoms with van der Waals surface area (Å²) in [6.07, 6.45) is 3.16. The van der Waals surface area contributed by atoms with Crippen molar-refractivity contribution in [3.63, 3.8) is 0 Å². The van der Waals surface area contributed by atoms with E-state index < -0.39 is 5.91 Å². The van der Waals surface area contributed by atoms with Crippen LogP contribution in [0.5, 0.6) is 11.5 Å². The van der Waals surface area contributed by atoms with Crippen molar-refractivity contribution in [3.8, 4) is 11.5 Å². The van der Waals surface area contributed by atoms with Gasteiger partial charge in [0.25, 0.3) is 5.91 Å². The van der Waals surface area contributed by atoms with Gasteiger partial charge < -0.3 is 15.5 Å². The van der Waals surface area contributed by atoms with Crippen molar-refractivity contribution in [3.05, 3.63) is 47.8 Å². The van der Waals surface area contributed by atoms with Crippen molar-refractivity contribution in [2.45, 2.75) is 6.92 Å². The molecule has 0 aliphatic heterocycles. The number of carbonyl (C=O) groups is 1. The zero-order valence-corrected chi connectivity index (χ0v) is 9.71. The average Bonchev–Trinajstić information content (AvgIpc) is 2.32. The molecule has 0 aliphatic carbocycles. The van der Waals surface area contributed by atoms with Crippen molar-refractivity contribution in [1.29, 1.82) is 0 Å². The predicted octanol–water partition coefficient (Wildman–Crippen LogP) is 2.05. The number of benzene rings is 1. The maximum atomic E-state index is 12.0. The Bertz CT molecular complexity index is 576. The lowest BCUT2D eigenvalue weighted by atomic mass is 10.1. The topological polar surface area (TPSA) is 82.5 Å². The molecule has 3 N–H and O–H groups in total. The van der Waals surface area contributed by atoms with Crippen LogP contribution in [0.4, 0.5) is 5.69 Å². The van der Waals surface area contributed by atoms with E-state index in [0.29, 0.717) is 5.69 Å². The van der Waals surface area contributed by atoms with E-state index in [-0.39, 0.29) is 17.1 Å². The van der Waals surface area contributed by atoms with Crippen LogP contribution in [0.25, 0.3) is 0 Å². The fourth-order valence-corrected chi connectivity index (χ4v) is 1.56. The third-order valence-electron chi connectivity index (χ3n) is 2.52. The van der Waals surface area contributed by atoms with Gasteiger partial charge in [-0.2, -0.15) is 0 Å². The van der Waals surface area contributed by atoms with E-state index in [1.807, 2.05) is 0 Å². The molecular formula is C13H12N2O3. The second-order valence-corrected chi connectivity index (χ2v) is 3.82. The molecule has 0 saturated heterocycles. The minimum Gasteiger partial charge on any atom is -0.507 e. The summed E-state index contributed by atoms with van der Waals surface area (Å²) in [6, 6.07) is 5.78. The quantitative estimate of drug-likeness (QED) is 0.755. The molecule has 1 aromatic carbocycles. The van der Waals surface area contributed by atoms with Crippen LogP contribution in [0.1, 0.15) is 15.9 Å². The normalized spacial score (nSPS) is 10.1. The number of aromatic hydroxyl groups is 2. The summed E-state index contributed by atoms with van der Waals surface area (Å²) >= 11 is 0. The van der Waals surface area contributed by atoms with E-state index >= 15 is 0 Å². The molecule has 0 unspecified atom stereocenters. The predicted molar refractivity (Wildman–Crippen MR) is 66.7 cm³/mol. The van der Waals surface area contributed by atoms with Crippen LogP contribution in [0.15, 0.2) is 36.7 Å². The summed E-state index contributed by atoms with van der Waals surface area (Å²) < 4.78 is 0. The number of hydrogen-bond donors (Lipinski definition) is 3. The largest absolute Gasteiger partial charge is 0.507 e. The molecule has 1 heterocycles. The molecule has 2 rings (SSSR count). The lowest BCUT2D eigenvalue weighted by molar-refractivity contribution is 0.102. The van der Waals surface area contributed by atoms with Gasteiger partial charge in [0.15, 0.2) is 0 Å². The molecule has 0 aliphatic rings. The van der Waals surface area contributed by atoms with Crippen LogP contribution < -0.4 is 5.32 Å². The number of nitrogens with one attached hydrogen (secondary N) is 1. The fraction of sp³-hybridized carbons (Fsp3) is 0.0769. The second kappa shape index (κ2) is 4.75. The molecular weight excluding hydrogens is 232 g/mol. The van der Waals surface area contributed by atoms with Gasteiger partial charge in [-0.1, -0.05) is 6.07 Å². The van der Waals surface area contributed by atoms with Crippen molar-refractivity contribution in [1.82, 2.24) is 4.98 Å². The van der Waals surface area contributed by atoms with Crippen LogP contribution in [0.2, 0.25) is 0 Å². The summed E-state index contributed by atoms with van der Waals surface area (Å²) in [7, 11) is 0. The van der Waals surface area contributed by atoms with Gasteiger partial charge in [-0.25, -0.2) is 0 Å². The van der Waals surface area contributed by atoms with E-state index in [0.717, 1.165) is 5.56 Å². The van der Waals surface area contributed by atoms with Crippen molar-refractivity contribution < 1.29 is 15.0 Å².